The Labute approximate surface area is 121 Å². The molecule has 1 fully saturated rings. The zero-order chi connectivity index (χ0) is 14.5. The summed E-state index contributed by atoms with van der Waals surface area (Å²) in [5.74, 6) is 0.579. The molecule has 4 nitrogen and oxygen atoms in total. The van der Waals surface area contributed by atoms with Crippen LogP contribution in [0, 0.1) is 5.92 Å². The largest absolute Gasteiger partial charge is 0.326 e. The number of nitrogens with two attached hydrogens (primary N) is 1. The molecule has 2 atom stereocenters. The van der Waals surface area contributed by atoms with Crippen LogP contribution in [0.2, 0.25) is 0 Å². The molecule has 0 saturated heterocycles. The van der Waals surface area contributed by atoms with Crippen LogP contribution in [-0.2, 0) is 6.54 Å². The normalized spacial score (nSPS) is 22.4. The van der Waals surface area contributed by atoms with Gasteiger partial charge in [0.05, 0.1) is 0 Å². The molecule has 0 aliphatic heterocycles. The van der Waals surface area contributed by atoms with E-state index in [4.69, 9.17) is 5.73 Å². The SMILES string of the molecule is CC1CCCCC1N(C)C(=O)Nc1cccc(CN)c1. The second-order valence-electron chi connectivity index (χ2n) is 5.77. The van der Waals surface area contributed by atoms with Crippen molar-refractivity contribution in [1.29, 1.82) is 0 Å². The van der Waals surface area contributed by atoms with Gasteiger partial charge in [0, 0.05) is 25.3 Å². The number of amides is 2. The molecule has 4 heteroatoms. The first-order valence-electron chi connectivity index (χ1n) is 7.44. The van der Waals surface area contributed by atoms with Crippen molar-refractivity contribution in [3.8, 4) is 0 Å². The third-order valence-electron chi connectivity index (χ3n) is 4.30. The van der Waals surface area contributed by atoms with Gasteiger partial charge in [-0.2, -0.15) is 0 Å². The predicted octanol–water partition coefficient (Wildman–Crippen LogP) is 3.19. The number of hydrogen-bond donors (Lipinski definition) is 2. The van der Waals surface area contributed by atoms with Crippen LogP contribution in [0.25, 0.3) is 0 Å². The first-order valence-corrected chi connectivity index (χ1v) is 7.44. The van der Waals surface area contributed by atoms with Gasteiger partial charge in [-0.3, -0.25) is 0 Å². The molecule has 2 unspecified atom stereocenters. The highest BCUT2D eigenvalue weighted by Crippen LogP contribution is 2.27. The molecule has 0 spiro atoms. The predicted molar refractivity (Wildman–Crippen MR) is 82.5 cm³/mol. The van der Waals surface area contributed by atoms with Gasteiger partial charge in [-0.25, -0.2) is 4.79 Å². The lowest BCUT2D eigenvalue weighted by Crippen LogP contribution is -2.44. The number of anilines is 1. The van der Waals surface area contributed by atoms with Crippen molar-refractivity contribution in [3.63, 3.8) is 0 Å². The Kier molecular flexibility index (Phi) is 5.01. The number of hydrogen-bond acceptors (Lipinski definition) is 2. The average molecular weight is 275 g/mol. The summed E-state index contributed by atoms with van der Waals surface area (Å²) in [5.41, 5.74) is 7.46. The Bertz CT molecular complexity index is 461. The van der Waals surface area contributed by atoms with Gasteiger partial charge in [-0.15, -0.1) is 0 Å². The van der Waals surface area contributed by atoms with Gasteiger partial charge in [-0.1, -0.05) is 31.9 Å². The molecule has 1 aliphatic carbocycles. The van der Waals surface area contributed by atoms with Crippen molar-refractivity contribution < 1.29 is 4.79 Å². The standard InChI is InChI=1S/C16H25N3O/c1-12-6-3-4-9-15(12)19(2)16(20)18-14-8-5-7-13(10-14)11-17/h5,7-8,10,12,15H,3-4,6,9,11,17H2,1-2H3,(H,18,20). The molecule has 1 aromatic rings. The van der Waals surface area contributed by atoms with Crippen LogP contribution < -0.4 is 11.1 Å². The van der Waals surface area contributed by atoms with Crippen LogP contribution >= 0.6 is 0 Å². The fourth-order valence-corrected chi connectivity index (χ4v) is 3.01. The Morgan fingerprint density at radius 2 is 2.15 bits per heavy atom. The number of carbonyl (C=O) groups is 1. The second kappa shape index (κ2) is 6.75. The van der Waals surface area contributed by atoms with E-state index in [-0.39, 0.29) is 6.03 Å². The summed E-state index contributed by atoms with van der Waals surface area (Å²) in [6.45, 7) is 2.72. The van der Waals surface area contributed by atoms with Crippen molar-refractivity contribution in [2.75, 3.05) is 12.4 Å². The number of rotatable bonds is 3. The molecule has 1 aromatic carbocycles. The highest BCUT2D eigenvalue weighted by molar-refractivity contribution is 5.89. The summed E-state index contributed by atoms with van der Waals surface area (Å²) in [4.78, 5) is 14.2. The smallest absolute Gasteiger partial charge is 0.321 e. The minimum absolute atomic E-state index is 0.0297. The van der Waals surface area contributed by atoms with E-state index in [1.807, 2.05) is 36.2 Å². The van der Waals surface area contributed by atoms with Gasteiger partial charge in [0.1, 0.15) is 0 Å². The van der Waals surface area contributed by atoms with Crippen LogP contribution in [0.3, 0.4) is 0 Å². The summed E-state index contributed by atoms with van der Waals surface area (Å²) in [5, 5.41) is 2.97. The lowest BCUT2D eigenvalue weighted by molar-refractivity contribution is 0.155. The molecule has 2 rings (SSSR count). The van der Waals surface area contributed by atoms with Crippen LogP contribution in [-0.4, -0.2) is 24.0 Å². The van der Waals surface area contributed by atoms with Gasteiger partial charge in [0.15, 0.2) is 0 Å². The number of carbonyl (C=O) groups excluding carboxylic acids is 1. The third-order valence-corrected chi connectivity index (χ3v) is 4.30. The van der Waals surface area contributed by atoms with E-state index in [1.165, 1.54) is 19.3 Å². The molecular weight excluding hydrogens is 250 g/mol. The summed E-state index contributed by atoms with van der Waals surface area (Å²) >= 11 is 0. The summed E-state index contributed by atoms with van der Waals surface area (Å²) in [7, 11) is 1.90. The fraction of sp³-hybridized carbons (Fsp3) is 0.562. The third kappa shape index (κ3) is 3.51. The number of benzene rings is 1. The number of nitrogens with zero attached hydrogens (tertiary/aromatic N) is 1. The molecule has 1 aliphatic rings. The van der Waals surface area contributed by atoms with Crippen molar-refractivity contribution in [2.24, 2.45) is 11.7 Å². The quantitative estimate of drug-likeness (QED) is 0.890. The molecule has 0 aromatic heterocycles. The second-order valence-corrected chi connectivity index (χ2v) is 5.77. The molecule has 0 bridgehead atoms. The van der Waals surface area contributed by atoms with Gasteiger partial charge in [-0.05, 0) is 36.5 Å². The monoisotopic (exact) mass is 275 g/mol. The van der Waals surface area contributed by atoms with Gasteiger partial charge < -0.3 is 16.0 Å². The highest BCUT2D eigenvalue weighted by Gasteiger charge is 2.27. The molecule has 110 valence electrons. The van der Waals surface area contributed by atoms with Crippen LogP contribution in [0.1, 0.15) is 38.2 Å². The first-order chi connectivity index (χ1) is 9.61. The van der Waals surface area contributed by atoms with E-state index in [0.29, 0.717) is 18.5 Å². The zero-order valence-electron chi connectivity index (χ0n) is 12.4. The van der Waals surface area contributed by atoms with Gasteiger partial charge in [0.25, 0.3) is 0 Å². The maximum atomic E-state index is 12.3. The van der Waals surface area contributed by atoms with Crippen molar-refractivity contribution in [1.82, 2.24) is 4.90 Å². The Morgan fingerprint density at radius 3 is 2.85 bits per heavy atom. The molecule has 0 heterocycles. The summed E-state index contributed by atoms with van der Waals surface area (Å²) in [6.07, 6.45) is 4.82. The van der Waals surface area contributed by atoms with E-state index in [0.717, 1.165) is 17.7 Å². The van der Waals surface area contributed by atoms with E-state index < -0.39 is 0 Å². The van der Waals surface area contributed by atoms with Gasteiger partial charge in [0.2, 0.25) is 0 Å². The minimum atomic E-state index is -0.0297. The number of urea groups is 1. The maximum absolute atomic E-state index is 12.3. The van der Waals surface area contributed by atoms with Crippen LogP contribution in [0.4, 0.5) is 10.5 Å². The van der Waals surface area contributed by atoms with Crippen LogP contribution in [0.15, 0.2) is 24.3 Å². The minimum Gasteiger partial charge on any atom is -0.326 e. The molecular formula is C16H25N3O. The highest BCUT2D eigenvalue weighted by atomic mass is 16.2. The van der Waals surface area contributed by atoms with E-state index in [1.54, 1.807) is 0 Å². The molecule has 20 heavy (non-hydrogen) atoms. The Hall–Kier alpha value is -1.55. The molecule has 0 radical (unpaired) electrons. The summed E-state index contributed by atoms with van der Waals surface area (Å²) in [6, 6.07) is 8.02. The summed E-state index contributed by atoms with van der Waals surface area (Å²) < 4.78 is 0. The van der Waals surface area contributed by atoms with Crippen LogP contribution in [0.5, 0.6) is 0 Å². The number of nitrogens with one attached hydrogen (secondary N) is 1. The zero-order valence-corrected chi connectivity index (χ0v) is 12.4. The molecule has 2 amide bonds. The van der Waals surface area contributed by atoms with Crippen molar-refractivity contribution in [2.45, 2.75) is 45.2 Å². The van der Waals surface area contributed by atoms with Gasteiger partial charge >= 0.3 is 6.03 Å². The molecule has 1 saturated carbocycles. The average Bonchev–Trinajstić information content (AvgIpc) is 2.47. The van der Waals surface area contributed by atoms with E-state index >= 15 is 0 Å². The van der Waals surface area contributed by atoms with Crippen molar-refractivity contribution in [3.05, 3.63) is 29.8 Å². The topological polar surface area (TPSA) is 58.4 Å². The Morgan fingerprint density at radius 1 is 1.40 bits per heavy atom. The van der Waals surface area contributed by atoms with E-state index in [2.05, 4.69) is 12.2 Å². The molecule has 3 N–H and O–H groups in total. The van der Waals surface area contributed by atoms with Crippen molar-refractivity contribution >= 4 is 11.7 Å². The van der Waals surface area contributed by atoms with E-state index in [9.17, 15) is 4.79 Å². The Balaban J connectivity index is 1.99. The fourth-order valence-electron chi connectivity index (χ4n) is 3.01. The maximum Gasteiger partial charge on any atom is 0.321 e. The lowest BCUT2D eigenvalue weighted by Gasteiger charge is -2.36. The lowest BCUT2D eigenvalue weighted by atomic mass is 9.85. The first kappa shape index (κ1) is 14.9.